The Labute approximate surface area is 142 Å². The molecule has 1 aromatic rings. The minimum atomic E-state index is -1.55. The molecule has 1 atom stereocenters. The van der Waals surface area contributed by atoms with E-state index in [1.165, 1.54) is 31.2 Å². The van der Waals surface area contributed by atoms with E-state index in [0.717, 1.165) is 6.08 Å². The molecule has 0 aromatic carbocycles. The molecule has 0 spiro atoms. The van der Waals surface area contributed by atoms with Gasteiger partial charge >= 0.3 is 0 Å². The van der Waals surface area contributed by atoms with Gasteiger partial charge in [-0.25, -0.2) is 18.2 Å². The number of allylic oxidation sites excluding steroid dienone is 8. The molecule has 1 aliphatic heterocycles. The second kappa shape index (κ2) is 6.58. The number of hydrogen-bond acceptors (Lipinski definition) is 3. The highest BCUT2D eigenvalue weighted by atomic mass is 19.1. The third kappa shape index (κ3) is 3.35. The zero-order valence-electron chi connectivity index (χ0n) is 13.4. The molecule has 130 valence electrons. The first-order valence-corrected chi connectivity index (χ1v) is 7.64. The number of carbonyl (C=O) groups is 1. The molecule has 0 bridgehead atoms. The fourth-order valence-corrected chi connectivity index (χ4v) is 2.73. The van der Waals surface area contributed by atoms with E-state index >= 15 is 0 Å². The molecule has 25 heavy (non-hydrogen) atoms. The van der Waals surface area contributed by atoms with Crippen LogP contribution in [0.2, 0.25) is 0 Å². The van der Waals surface area contributed by atoms with Crippen molar-refractivity contribution in [2.75, 3.05) is 0 Å². The average Bonchev–Trinajstić information content (AvgIpc) is 2.73. The van der Waals surface area contributed by atoms with Crippen molar-refractivity contribution in [3.8, 4) is 5.88 Å². The normalized spacial score (nSPS) is 21.5. The topological polar surface area (TPSA) is 65.2 Å². The molecule has 2 aliphatic rings. The van der Waals surface area contributed by atoms with Gasteiger partial charge in [-0.15, -0.1) is 0 Å². The third-order valence-electron chi connectivity index (χ3n) is 3.96. The zero-order chi connectivity index (χ0) is 18.1. The van der Waals surface area contributed by atoms with Gasteiger partial charge in [-0.05, 0) is 37.1 Å². The Balaban J connectivity index is 2.19. The van der Waals surface area contributed by atoms with E-state index in [1.54, 1.807) is 0 Å². The maximum Gasteiger partial charge on any atom is 0.267 e. The molecule has 1 unspecified atom stereocenters. The number of nitrogens with two attached hydrogens (primary N) is 1. The molecule has 0 saturated carbocycles. The highest BCUT2D eigenvalue weighted by Crippen LogP contribution is 2.38. The summed E-state index contributed by atoms with van der Waals surface area (Å²) in [4.78, 5) is 15.6. The lowest BCUT2D eigenvalue weighted by Crippen LogP contribution is -2.18. The van der Waals surface area contributed by atoms with Crippen LogP contribution < -0.4 is 10.5 Å². The number of pyridine rings is 1. The van der Waals surface area contributed by atoms with Crippen LogP contribution in [0.5, 0.6) is 5.88 Å². The SMILES string of the molecule is C/C(F)=C1\CCc2c(C3=CC=CC(F)C=C3F)cc(C(N)=O)nc2O1. The second-order valence-electron chi connectivity index (χ2n) is 5.69. The van der Waals surface area contributed by atoms with Gasteiger partial charge < -0.3 is 10.5 Å². The summed E-state index contributed by atoms with van der Waals surface area (Å²) < 4.78 is 46.8. The van der Waals surface area contributed by atoms with Crippen molar-refractivity contribution in [3.63, 3.8) is 0 Å². The van der Waals surface area contributed by atoms with Crippen molar-refractivity contribution >= 4 is 11.5 Å². The van der Waals surface area contributed by atoms with E-state index in [-0.39, 0.29) is 29.3 Å². The number of aromatic nitrogens is 1. The minimum Gasteiger partial charge on any atom is -0.440 e. The van der Waals surface area contributed by atoms with Gasteiger partial charge in [-0.2, -0.15) is 0 Å². The number of fused-ring (bicyclic) bond motifs is 1. The van der Waals surface area contributed by atoms with Crippen molar-refractivity contribution in [1.29, 1.82) is 0 Å². The van der Waals surface area contributed by atoms with Crippen molar-refractivity contribution in [2.45, 2.75) is 25.9 Å². The fourth-order valence-electron chi connectivity index (χ4n) is 2.73. The highest BCUT2D eigenvalue weighted by Gasteiger charge is 2.26. The Kier molecular flexibility index (Phi) is 4.48. The van der Waals surface area contributed by atoms with Gasteiger partial charge in [0.1, 0.15) is 29.3 Å². The van der Waals surface area contributed by atoms with Crippen LogP contribution in [0.15, 0.2) is 47.8 Å². The number of hydrogen-bond donors (Lipinski definition) is 1. The van der Waals surface area contributed by atoms with Crippen LogP contribution in [0.4, 0.5) is 13.2 Å². The molecule has 3 rings (SSSR count). The standard InChI is InChI=1S/C18H15F3N2O2/c1-9(19)16-6-5-12-13(8-15(17(22)24)23-18(12)25-16)11-4-2-3-10(20)7-14(11)21/h2-4,7-8,10H,5-6H2,1H3,(H2,22,24)/b16-9-. The zero-order valence-corrected chi connectivity index (χ0v) is 13.4. The lowest BCUT2D eigenvalue weighted by atomic mass is 9.94. The first-order valence-electron chi connectivity index (χ1n) is 7.64. The van der Waals surface area contributed by atoms with E-state index in [9.17, 15) is 18.0 Å². The minimum absolute atomic E-state index is 0.00303. The number of ether oxygens (including phenoxy) is 1. The van der Waals surface area contributed by atoms with Crippen molar-refractivity contribution in [3.05, 3.63) is 64.6 Å². The number of alkyl halides is 1. The maximum atomic E-state index is 14.4. The number of rotatable bonds is 2. The molecule has 1 aliphatic carbocycles. The molecule has 0 radical (unpaired) electrons. The van der Waals surface area contributed by atoms with Gasteiger partial charge in [0, 0.05) is 17.6 Å². The van der Waals surface area contributed by atoms with Gasteiger partial charge in [0.15, 0.2) is 0 Å². The summed E-state index contributed by atoms with van der Waals surface area (Å²) in [7, 11) is 0. The quantitative estimate of drug-likeness (QED) is 0.883. The maximum absolute atomic E-state index is 14.4. The van der Waals surface area contributed by atoms with Crippen LogP contribution >= 0.6 is 0 Å². The average molecular weight is 348 g/mol. The van der Waals surface area contributed by atoms with Gasteiger partial charge in [0.25, 0.3) is 5.91 Å². The Morgan fingerprint density at radius 1 is 1.40 bits per heavy atom. The smallest absolute Gasteiger partial charge is 0.267 e. The summed E-state index contributed by atoms with van der Waals surface area (Å²) in [5.74, 6) is -2.01. The van der Waals surface area contributed by atoms with Crippen molar-refractivity contribution in [1.82, 2.24) is 4.98 Å². The van der Waals surface area contributed by atoms with Crippen LogP contribution in [0.1, 0.15) is 35.0 Å². The number of nitrogens with zero attached hydrogens (tertiary/aromatic N) is 1. The third-order valence-corrected chi connectivity index (χ3v) is 3.96. The molecule has 1 aromatic heterocycles. The van der Waals surface area contributed by atoms with E-state index in [2.05, 4.69) is 4.98 Å². The molecule has 2 N–H and O–H groups in total. The molecule has 1 amide bonds. The first kappa shape index (κ1) is 17.0. The largest absolute Gasteiger partial charge is 0.440 e. The molecule has 0 saturated heterocycles. The molecule has 7 heteroatoms. The fraction of sp³-hybridized carbons (Fsp3) is 0.222. The Morgan fingerprint density at radius 2 is 2.16 bits per heavy atom. The first-order chi connectivity index (χ1) is 11.9. The lowest BCUT2D eigenvalue weighted by molar-refractivity contribution is 0.0994. The summed E-state index contributed by atoms with van der Waals surface area (Å²) in [5, 5.41) is 0. The molecule has 4 nitrogen and oxygen atoms in total. The summed E-state index contributed by atoms with van der Waals surface area (Å²) in [5.41, 5.74) is 6.05. The second-order valence-corrected chi connectivity index (χ2v) is 5.69. The number of halogens is 3. The van der Waals surface area contributed by atoms with Gasteiger partial charge in [-0.1, -0.05) is 12.2 Å². The van der Waals surface area contributed by atoms with E-state index in [0.29, 0.717) is 17.5 Å². The number of carbonyl (C=O) groups excluding carboxylic acids is 1. The molecule has 2 heterocycles. The van der Waals surface area contributed by atoms with E-state index in [4.69, 9.17) is 10.5 Å². The Morgan fingerprint density at radius 3 is 2.84 bits per heavy atom. The lowest BCUT2D eigenvalue weighted by Gasteiger charge is -2.22. The van der Waals surface area contributed by atoms with E-state index in [1.807, 2.05) is 0 Å². The van der Waals surface area contributed by atoms with Crippen LogP contribution in [0.25, 0.3) is 5.57 Å². The molecular formula is C18H15F3N2O2. The van der Waals surface area contributed by atoms with Gasteiger partial charge in [0.2, 0.25) is 5.88 Å². The predicted octanol–water partition coefficient (Wildman–Crippen LogP) is 3.85. The Hall–Kier alpha value is -2.83. The summed E-state index contributed by atoms with van der Waals surface area (Å²) in [6.45, 7) is 1.25. The van der Waals surface area contributed by atoms with Gasteiger partial charge in [0.05, 0.1) is 0 Å². The highest BCUT2D eigenvalue weighted by molar-refractivity contribution is 5.93. The van der Waals surface area contributed by atoms with Gasteiger partial charge in [-0.3, -0.25) is 4.79 Å². The molecule has 0 fully saturated rings. The van der Waals surface area contributed by atoms with Crippen molar-refractivity contribution < 1.29 is 22.7 Å². The van der Waals surface area contributed by atoms with Crippen LogP contribution in [0, 0.1) is 0 Å². The predicted molar refractivity (Wildman–Crippen MR) is 86.7 cm³/mol. The summed E-state index contributed by atoms with van der Waals surface area (Å²) >= 11 is 0. The Bertz CT molecular complexity index is 865. The number of amides is 1. The summed E-state index contributed by atoms with van der Waals surface area (Å²) in [6, 6.07) is 1.34. The van der Waals surface area contributed by atoms with Crippen LogP contribution in [-0.2, 0) is 6.42 Å². The summed E-state index contributed by atoms with van der Waals surface area (Å²) in [6.07, 6.45) is 3.85. The molecular weight excluding hydrogens is 333 g/mol. The monoisotopic (exact) mass is 348 g/mol. The van der Waals surface area contributed by atoms with Crippen LogP contribution in [-0.4, -0.2) is 17.1 Å². The number of primary amides is 1. The van der Waals surface area contributed by atoms with Crippen molar-refractivity contribution in [2.24, 2.45) is 5.73 Å². The van der Waals surface area contributed by atoms with Crippen LogP contribution in [0.3, 0.4) is 0 Å². The van der Waals surface area contributed by atoms with E-state index < -0.39 is 23.7 Å².